The lowest BCUT2D eigenvalue weighted by molar-refractivity contribution is 0.0601. The zero-order chi connectivity index (χ0) is 20.2. The largest absolute Gasteiger partial charge is 0.465 e. The summed E-state index contributed by atoms with van der Waals surface area (Å²) >= 11 is 1.48. The van der Waals surface area contributed by atoms with Crippen LogP contribution in [0.25, 0.3) is 0 Å². The van der Waals surface area contributed by atoms with Gasteiger partial charge in [0.1, 0.15) is 16.5 Å². The molecular formula is C23H21NO4S. The fraction of sp³-hybridized carbons (Fsp3) is 0.217. The smallest absolute Gasteiger partial charge is 0.341 e. The first-order valence-electron chi connectivity index (χ1n) is 9.53. The lowest BCUT2D eigenvalue weighted by Gasteiger charge is -2.11. The molecule has 148 valence electrons. The van der Waals surface area contributed by atoms with Crippen LogP contribution < -0.4 is 10.1 Å². The molecule has 0 spiro atoms. The summed E-state index contributed by atoms with van der Waals surface area (Å²) in [4.78, 5) is 26.2. The molecule has 0 bridgehead atoms. The van der Waals surface area contributed by atoms with Gasteiger partial charge >= 0.3 is 5.97 Å². The maximum absolute atomic E-state index is 12.8. The SMILES string of the molecule is COC(=O)c1c(NC(=O)c2ccc(Oc3ccccc3)cc2)sc2c1CCCC2. The van der Waals surface area contributed by atoms with Gasteiger partial charge in [-0.15, -0.1) is 11.3 Å². The molecule has 1 aromatic heterocycles. The van der Waals surface area contributed by atoms with Gasteiger partial charge in [0.25, 0.3) is 5.91 Å². The number of hydrogen-bond acceptors (Lipinski definition) is 5. The van der Waals surface area contributed by atoms with Gasteiger partial charge in [0.15, 0.2) is 0 Å². The van der Waals surface area contributed by atoms with Gasteiger partial charge in [-0.05, 0) is 67.6 Å². The van der Waals surface area contributed by atoms with Crippen molar-refractivity contribution in [1.82, 2.24) is 0 Å². The number of ether oxygens (including phenoxy) is 2. The highest BCUT2D eigenvalue weighted by atomic mass is 32.1. The van der Waals surface area contributed by atoms with Crippen molar-refractivity contribution in [3.8, 4) is 11.5 Å². The van der Waals surface area contributed by atoms with Crippen LogP contribution in [0.15, 0.2) is 54.6 Å². The van der Waals surface area contributed by atoms with Crippen molar-refractivity contribution in [3.05, 3.63) is 76.2 Å². The summed E-state index contributed by atoms with van der Waals surface area (Å²) in [6.45, 7) is 0. The third kappa shape index (κ3) is 4.17. The number of para-hydroxylation sites is 1. The van der Waals surface area contributed by atoms with E-state index in [-0.39, 0.29) is 5.91 Å². The van der Waals surface area contributed by atoms with Crippen LogP contribution in [0.5, 0.6) is 11.5 Å². The molecule has 0 saturated heterocycles. The Morgan fingerprint density at radius 3 is 2.34 bits per heavy atom. The predicted molar refractivity (Wildman–Crippen MR) is 113 cm³/mol. The van der Waals surface area contributed by atoms with E-state index >= 15 is 0 Å². The quantitative estimate of drug-likeness (QED) is 0.571. The van der Waals surface area contributed by atoms with Crippen molar-refractivity contribution >= 4 is 28.2 Å². The van der Waals surface area contributed by atoms with E-state index in [2.05, 4.69) is 5.32 Å². The number of anilines is 1. The second-order valence-corrected chi connectivity index (χ2v) is 7.91. The Hall–Kier alpha value is -3.12. The third-order valence-corrected chi connectivity index (χ3v) is 6.09. The Kier molecular flexibility index (Phi) is 5.62. The van der Waals surface area contributed by atoms with E-state index in [4.69, 9.17) is 9.47 Å². The molecule has 4 rings (SSSR count). The number of methoxy groups -OCH3 is 1. The predicted octanol–water partition coefficient (Wildman–Crippen LogP) is 5.46. The van der Waals surface area contributed by atoms with E-state index in [1.54, 1.807) is 24.3 Å². The van der Waals surface area contributed by atoms with Crippen LogP contribution in [0.2, 0.25) is 0 Å². The molecule has 3 aromatic rings. The monoisotopic (exact) mass is 407 g/mol. The van der Waals surface area contributed by atoms with E-state index < -0.39 is 5.97 Å². The van der Waals surface area contributed by atoms with Crippen molar-refractivity contribution in [2.45, 2.75) is 25.7 Å². The van der Waals surface area contributed by atoms with Crippen molar-refractivity contribution in [2.75, 3.05) is 12.4 Å². The second kappa shape index (κ2) is 8.49. The number of carbonyl (C=O) groups excluding carboxylic acids is 2. The lowest BCUT2D eigenvalue weighted by Crippen LogP contribution is -2.15. The summed E-state index contributed by atoms with van der Waals surface area (Å²) in [7, 11) is 1.37. The number of hydrogen-bond donors (Lipinski definition) is 1. The summed E-state index contributed by atoms with van der Waals surface area (Å²) in [6, 6.07) is 16.4. The van der Waals surface area contributed by atoms with Gasteiger partial charge in [0.05, 0.1) is 12.7 Å². The van der Waals surface area contributed by atoms with E-state index in [0.717, 1.165) is 37.0 Å². The molecule has 0 unspecified atom stereocenters. The van der Waals surface area contributed by atoms with Crippen molar-refractivity contribution < 1.29 is 19.1 Å². The minimum Gasteiger partial charge on any atom is -0.465 e. The number of fused-ring (bicyclic) bond motifs is 1. The lowest BCUT2D eigenvalue weighted by atomic mass is 9.95. The molecule has 2 aromatic carbocycles. The molecule has 0 saturated carbocycles. The summed E-state index contributed by atoms with van der Waals surface area (Å²) in [5.41, 5.74) is 2.02. The Labute approximate surface area is 173 Å². The van der Waals surface area contributed by atoms with Crippen LogP contribution in [-0.2, 0) is 17.6 Å². The highest BCUT2D eigenvalue weighted by molar-refractivity contribution is 7.17. The third-order valence-electron chi connectivity index (χ3n) is 4.88. The van der Waals surface area contributed by atoms with Crippen molar-refractivity contribution in [2.24, 2.45) is 0 Å². The summed E-state index contributed by atoms with van der Waals surface area (Å²) in [5.74, 6) is 0.720. The number of benzene rings is 2. The molecular weight excluding hydrogens is 386 g/mol. The first kappa shape index (κ1) is 19.2. The molecule has 29 heavy (non-hydrogen) atoms. The van der Waals surface area contributed by atoms with E-state index in [1.807, 2.05) is 30.3 Å². The zero-order valence-corrected chi connectivity index (χ0v) is 16.9. The Morgan fingerprint density at radius 2 is 1.62 bits per heavy atom. The van der Waals surface area contributed by atoms with Gasteiger partial charge in [-0.2, -0.15) is 0 Å². The highest BCUT2D eigenvalue weighted by Crippen LogP contribution is 2.38. The molecule has 1 aliphatic rings. The van der Waals surface area contributed by atoms with Crippen molar-refractivity contribution in [1.29, 1.82) is 0 Å². The second-order valence-electron chi connectivity index (χ2n) is 6.80. The van der Waals surface area contributed by atoms with Gasteiger partial charge in [-0.3, -0.25) is 4.79 Å². The number of carbonyl (C=O) groups is 2. The summed E-state index contributed by atoms with van der Waals surface area (Å²) in [5, 5.41) is 3.47. The normalized spacial score (nSPS) is 12.7. The first-order chi connectivity index (χ1) is 14.2. The standard InChI is InChI=1S/C23H21NO4S/c1-27-23(26)20-18-9-5-6-10-19(18)29-22(20)24-21(25)15-11-13-17(14-12-15)28-16-7-3-2-4-8-16/h2-4,7-8,11-14H,5-6,9-10H2,1H3,(H,24,25). The Balaban J connectivity index is 1.52. The van der Waals surface area contributed by atoms with E-state index in [0.29, 0.717) is 21.9 Å². The van der Waals surface area contributed by atoms with Crippen molar-refractivity contribution in [3.63, 3.8) is 0 Å². The molecule has 6 heteroatoms. The van der Waals surface area contributed by atoms with Gasteiger partial charge in [0.2, 0.25) is 0 Å². The fourth-order valence-electron chi connectivity index (χ4n) is 3.45. The summed E-state index contributed by atoms with van der Waals surface area (Å²) in [6.07, 6.45) is 3.93. The average Bonchev–Trinajstić information content (AvgIpc) is 3.12. The van der Waals surface area contributed by atoms with Gasteiger partial charge < -0.3 is 14.8 Å². The van der Waals surface area contributed by atoms with E-state index in [1.165, 1.54) is 23.3 Å². The molecule has 1 aliphatic carbocycles. The zero-order valence-electron chi connectivity index (χ0n) is 16.1. The number of aryl methyl sites for hydroxylation is 1. The summed E-state index contributed by atoms with van der Waals surface area (Å²) < 4.78 is 10.7. The van der Waals surface area contributed by atoms with E-state index in [9.17, 15) is 9.59 Å². The maximum Gasteiger partial charge on any atom is 0.341 e. The first-order valence-corrected chi connectivity index (χ1v) is 10.3. The van der Waals surface area contributed by atoms with Crippen LogP contribution >= 0.6 is 11.3 Å². The molecule has 0 atom stereocenters. The maximum atomic E-state index is 12.8. The molecule has 0 aliphatic heterocycles. The van der Waals surface area contributed by atoms with Crippen LogP contribution in [0.3, 0.4) is 0 Å². The number of amides is 1. The van der Waals surface area contributed by atoms with Crippen LogP contribution in [-0.4, -0.2) is 19.0 Å². The van der Waals surface area contributed by atoms with Crippen LogP contribution in [0.4, 0.5) is 5.00 Å². The van der Waals surface area contributed by atoms with Crippen LogP contribution in [0.1, 0.15) is 44.0 Å². The molecule has 1 N–H and O–H groups in total. The number of nitrogens with one attached hydrogen (secondary N) is 1. The minimum atomic E-state index is -0.397. The van der Waals surface area contributed by atoms with Gasteiger partial charge in [-0.1, -0.05) is 18.2 Å². The molecule has 0 fully saturated rings. The highest BCUT2D eigenvalue weighted by Gasteiger charge is 2.27. The number of rotatable bonds is 5. The Morgan fingerprint density at radius 1 is 0.931 bits per heavy atom. The fourth-order valence-corrected chi connectivity index (χ4v) is 4.72. The number of thiophene rings is 1. The molecule has 0 radical (unpaired) electrons. The molecule has 1 amide bonds. The topological polar surface area (TPSA) is 64.6 Å². The average molecular weight is 407 g/mol. The Bertz CT molecular complexity index is 1030. The van der Waals surface area contributed by atoms with Gasteiger partial charge in [-0.25, -0.2) is 4.79 Å². The number of esters is 1. The minimum absolute atomic E-state index is 0.264. The van der Waals surface area contributed by atoms with Gasteiger partial charge in [0, 0.05) is 10.4 Å². The molecule has 5 nitrogen and oxygen atoms in total. The van der Waals surface area contributed by atoms with Crippen LogP contribution in [0, 0.1) is 0 Å². The molecule has 1 heterocycles.